The number of fused-ring (bicyclic) bond motifs is 1. The van der Waals surface area contributed by atoms with Gasteiger partial charge in [-0.25, -0.2) is 0 Å². The van der Waals surface area contributed by atoms with Crippen molar-refractivity contribution in [3.05, 3.63) is 53.6 Å². The van der Waals surface area contributed by atoms with E-state index >= 15 is 0 Å². The van der Waals surface area contributed by atoms with E-state index < -0.39 is 12.0 Å². The third-order valence-corrected chi connectivity index (χ3v) is 7.09. The standard InChI is InChI=1S/C27H30F2N2O4/c1-17(32)30-12-6-11-27(4,16-30)15-23(33)18-9-10-22-21(13-18)26(2,3)24(34)31(22)19-7-5-8-20(14-19)35-25(28)29/h5,7-10,13-14,25H,6,11-12,15-16H2,1-4H3/t27-/m0/s1. The largest absolute Gasteiger partial charge is 0.435 e. The number of ketones is 1. The van der Waals surface area contributed by atoms with Crippen LogP contribution in [0.4, 0.5) is 20.2 Å². The second-order valence-corrected chi connectivity index (χ2v) is 10.3. The summed E-state index contributed by atoms with van der Waals surface area (Å²) in [6.45, 7) is 5.46. The lowest BCUT2D eigenvalue weighted by Gasteiger charge is -2.40. The van der Waals surface area contributed by atoms with E-state index in [1.54, 1.807) is 56.0 Å². The molecule has 2 aromatic rings. The Hall–Kier alpha value is -3.29. The van der Waals surface area contributed by atoms with Gasteiger partial charge in [0.05, 0.1) is 16.8 Å². The Morgan fingerprint density at radius 1 is 1.11 bits per heavy atom. The minimum absolute atomic E-state index is 0.0178. The van der Waals surface area contributed by atoms with Crippen LogP contribution in [0.1, 0.15) is 62.9 Å². The molecule has 0 bridgehead atoms. The number of benzene rings is 2. The van der Waals surface area contributed by atoms with Gasteiger partial charge >= 0.3 is 6.61 Å². The van der Waals surface area contributed by atoms with Crippen LogP contribution in [0.25, 0.3) is 0 Å². The molecule has 8 heteroatoms. The lowest BCUT2D eigenvalue weighted by Crippen LogP contribution is -2.44. The van der Waals surface area contributed by atoms with Crippen LogP contribution in [0.2, 0.25) is 0 Å². The van der Waals surface area contributed by atoms with Gasteiger partial charge in [0.25, 0.3) is 0 Å². The van der Waals surface area contributed by atoms with Crippen molar-refractivity contribution in [1.29, 1.82) is 0 Å². The SMILES string of the molecule is CC(=O)N1CCC[C@@](C)(CC(=O)c2ccc3c(c2)C(C)(C)C(=O)N3c2cccc(OC(F)F)c2)C1. The average Bonchev–Trinajstić information content (AvgIpc) is 2.98. The summed E-state index contributed by atoms with van der Waals surface area (Å²) < 4.78 is 29.9. The summed E-state index contributed by atoms with van der Waals surface area (Å²) in [5.74, 6) is -0.273. The molecule has 0 saturated carbocycles. The van der Waals surface area contributed by atoms with E-state index in [2.05, 4.69) is 4.74 Å². The first kappa shape index (κ1) is 24.8. The van der Waals surface area contributed by atoms with Crippen LogP contribution in [0.5, 0.6) is 5.75 Å². The van der Waals surface area contributed by atoms with Crippen LogP contribution in [-0.4, -0.2) is 42.2 Å². The number of nitrogens with zero attached hydrogens (tertiary/aromatic N) is 2. The normalized spacial score (nSPS) is 21.3. The van der Waals surface area contributed by atoms with Crippen molar-refractivity contribution >= 4 is 29.0 Å². The zero-order chi connectivity index (χ0) is 25.5. The second-order valence-electron chi connectivity index (χ2n) is 10.3. The number of carbonyl (C=O) groups is 3. The molecule has 0 radical (unpaired) electrons. The zero-order valence-electron chi connectivity index (χ0n) is 20.4. The topological polar surface area (TPSA) is 66.9 Å². The Morgan fingerprint density at radius 2 is 1.86 bits per heavy atom. The number of amides is 2. The fraction of sp³-hybridized carbons (Fsp3) is 0.444. The molecule has 2 amide bonds. The second kappa shape index (κ2) is 9.06. The van der Waals surface area contributed by atoms with E-state index in [-0.39, 0.29) is 28.8 Å². The molecular weight excluding hydrogens is 454 g/mol. The average molecular weight is 485 g/mol. The molecule has 0 aromatic heterocycles. The molecule has 1 saturated heterocycles. The Bertz CT molecular complexity index is 1180. The number of piperidine rings is 1. The summed E-state index contributed by atoms with van der Waals surface area (Å²) in [6.07, 6.45) is 2.03. The van der Waals surface area contributed by atoms with Crippen molar-refractivity contribution in [2.45, 2.75) is 59.0 Å². The summed E-state index contributed by atoms with van der Waals surface area (Å²) in [6, 6.07) is 11.2. The number of halogens is 2. The predicted octanol–water partition coefficient (Wildman–Crippen LogP) is 5.47. The molecule has 0 unspecified atom stereocenters. The number of carbonyl (C=O) groups excluding carboxylic acids is 3. The van der Waals surface area contributed by atoms with Gasteiger partial charge in [0.1, 0.15) is 5.75 Å². The molecule has 0 spiro atoms. The van der Waals surface area contributed by atoms with Crippen molar-refractivity contribution in [3.63, 3.8) is 0 Å². The number of likely N-dealkylation sites (tertiary alicyclic amines) is 1. The first-order valence-corrected chi connectivity index (χ1v) is 11.7. The van der Waals surface area contributed by atoms with Gasteiger partial charge in [0, 0.05) is 38.1 Å². The zero-order valence-corrected chi connectivity index (χ0v) is 20.4. The number of anilines is 2. The van der Waals surface area contributed by atoms with Crippen molar-refractivity contribution in [2.24, 2.45) is 5.41 Å². The molecule has 0 N–H and O–H groups in total. The predicted molar refractivity (Wildman–Crippen MR) is 128 cm³/mol. The Balaban J connectivity index is 1.63. The number of ether oxygens (including phenoxy) is 1. The van der Waals surface area contributed by atoms with Crippen LogP contribution in [0, 0.1) is 5.41 Å². The molecule has 2 aliphatic rings. The molecule has 1 fully saturated rings. The minimum Gasteiger partial charge on any atom is -0.435 e. The molecule has 35 heavy (non-hydrogen) atoms. The molecule has 4 rings (SSSR count). The first-order valence-electron chi connectivity index (χ1n) is 11.7. The fourth-order valence-corrected chi connectivity index (χ4v) is 5.18. The van der Waals surface area contributed by atoms with Crippen molar-refractivity contribution in [3.8, 4) is 5.75 Å². The molecular formula is C27H30F2N2O4. The number of Topliss-reactive ketones (excluding diaryl/α,β-unsaturated/α-hetero) is 1. The van der Waals surface area contributed by atoms with Gasteiger partial charge in [-0.05, 0) is 68.0 Å². The summed E-state index contributed by atoms with van der Waals surface area (Å²) in [5, 5.41) is 0. The molecule has 2 aromatic carbocycles. The van der Waals surface area contributed by atoms with Crippen molar-refractivity contribution in [1.82, 2.24) is 4.90 Å². The first-order chi connectivity index (χ1) is 16.4. The lowest BCUT2D eigenvalue weighted by molar-refractivity contribution is -0.132. The smallest absolute Gasteiger partial charge is 0.387 e. The monoisotopic (exact) mass is 484 g/mol. The maximum Gasteiger partial charge on any atom is 0.387 e. The summed E-state index contributed by atoms with van der Waals surface area (Å²) in [5.41, 5.74) is 1.03. The number of rotatable bonds is 6. The van der Waals surface area contributed by atoms with E-state index in [1.807, 2.05) is 6.92 Å². The van der Waals surface area contributed by atoms with E-state index in [0.717, 1.165) is 12.8 Å². The van der Waals surface area contributed by atoms with Crippen LogP contribution < -0.4 is 9.64 Å². The van der Waals surface area contributed by atoms with Crippen LogP contribution in [0.3, 0.4) is 0 Å². The van der Waals surface area contributed by atoms with Gasteiger partial charge in [-0.2, -0.15) is 8.78 Å². The highest BCUT2D eigenvalue weighted by Gasteiger charge is 2.45. The Labute approximate surface area is 203 Å². The molecule has 6 nitrogen and oxygen atoms in total. The third kappa shape index (κ3) is 4.79. The van der Waals surface area contributed by atoms with E-state index in [0.29, 0.717) is 42.0 Å². The maximum atomic E-state index is 13.4. The molecule has 1 atom stereocenters. The summed E-state index contributed by atoms with van der Waals surface area (Å²) in [7, 11) is 0. The van der Waals surface area contributed by atoms with Gasteiger partial charge in [-0.15, -0.1) is 0 Å². The Kier molecular flexibility index (Phi) is 6.42. The van der Waals surface area contributed by atoms with Crippen molar-refractivity contribution in [2.75, 3.05) is 18.0 Å². The quantitative estimate of drug-likeness (QED) is 0.511. The van der Waals surface area contributed by atoms with Gasteiger partial charge in [0.15, 0.2) is 5.78 Å². The lowest BCUT2D eigenvalue weighted by atomic mass is 9.76. The van der Waals surface area contributed by atoms with Gasteiger partial charge < -0.3 is 9.64 Å². The van der Waals surface area contributed by atoms with Gasteiger partial charge in [-0.3, -0.25) is 19.3 Å². The summed E-state index contributed by atoms with van der Waals surface area (Å²) in [4.78, 5) is 41.8. The van der Waals surface area contributed by atoms with Gasteiger partial charge in [0.2, 0.25) is 11.8 Å². The van der Waals surface area contributed by atoms with E-state index in [4.69, 9.17) is 0 Å². The Morgan fingerprint density at radius 3 is 2.54 bits per heavy atom. The van der Waals surface area contributed by atoms with Gasteiger partial charge in [-0.1, -0.05) is 13.0 Å². The number of alkyl halides is 2. The summed E-state index contributed by atoms with van der Waals surface area (Å²) >= 11 is 0. The highest BCUT2D eigenvalue weighted by Crippen LogP contribution is 2.46. The maximum absolute atomic E-state index is 13.4. The molecule has 2 heterocycles. The highest BCUT2D eigenvalue weighted by atomic mass is 19.3. The van der Waals surface area contributed by atoms with E-state index in [9.17, 15) is 23.2 Å². The van der Waals surface area contributed by atoms with Crippen molar-refractivity contribution < 1.29 is 27.9 Å². The van der Waals surface area contributed by atoms with Crippen LogP contribution in [0.15, 0.2) is 42.5 Å². The van der Waals surface area contributed by atoms with Crippen LogP contribution in [-0.2, 0) is 15.0 Å². The highest BCUT2D eigenvalue weighted by molar-refractivity contribution is 6.13. The number of hydrogen-bond acceptors (Lipinski definition) is 4. The molecule has 186 valence electrons. The minimum atomic E-state index is -2.97. The van der Waals surface area contributed by atoms with Crippen LogP contribution >= 0.6 is 0 Å². The molecule has 0 aliphatic carbocycles. The fourth-order valence-electron chi connectivity index (χ4n) is 5.18. The number of hydrogen-bond donors (Lipinski definition) is 0. The van der Waals surface area contributed by atoms with E-state index in [1.165, 1.54) is 17.0 Å². The third-order valence-electron chi connectivity index (χ3n) is 7.09. The molecule has 2 aliphatic heterocycles.